The molecule has 1 saturated carbocycles. The molecule has 0 bridgehead atoms. The summed E-state index contributed by atoms with van der Waals surface area (Å²) in [6.07, 6.45) is 3.97. The molecule has 1 aliphatic carbocycles. The van der Waals surface area contributed by atoms with E-state index in [2.05, 4.69) is 34.1 Å². The first-order chi connectivity index (χ1) is 8.90. The van der Waals surface area contributed by atoms with Crippen LogP contribution in [-0.4, -0.2) is 35.5 Å². The van der Waals surface area contributed by atoms with Crippen molar-refractivity contribution < 1.29 is 4.42 Å². The molecule has 3 nitrogen and oxygen atoms in total. The first-order valence-electron chi connectivity index (χ1n) is 7.01. The van der Waals surface area contributed by atoms with Crippen LogP contribution in [-0.2, 0) is 13.1 Å². The molecule has 2 aliphatic rings. The van der Waals surface area contributed by atoms with Crippen LogP contribution in [0.25, 0.3) is 0 Å². The van der Waals surface area contributed by atoms with Gasteiger partial charge in [0.1, 0.15) is 11.5 Å². The fraction of sp³-hybridized carbons (Fsp3) is 0.714. The van der Waals surface area contributed by atoms with Crippen molar-refractivity contribution in [2.24, 2.45) is 0 Å². The van der Waals surface area contributed by atoms with Crippen LogP contribution < -0.4 is 5.32 Å². The normalized spacial score (nSPS) is 22.0. The molecule has 1 saturated heterocycles. The van der Waals surface area contributed by atoms with E-state index in [9.17, 15) is 0 Å². The fourth-order valence-electron chi connectivity index (χ4n) is 2.31. The van der Waals surface area contributed by atoms with E-state index in [0.717, 1.165) is 30.7 Å². The Balaban J connectivity index is 1.48. The monoisotopic (exact) mass is 266 g/mol. The molecule has 1 aromatic heterocycles. The molecule has 0 amide bonds. The number of hydrogen-bond acceptors (Lipinski definition) is 4. The Morgan fingerprint density at radius 3 is 3.00 bits per heavy atom. The summed E-state index contributed by atoms with van der Waals surface area (Å²) in [7, 11) is 0. The third-order valence-corrected chi connectivity index (χ3v) is 4.60. The van der Waals surface area contributed by atoms with Crippen molar-refractivity contribution in [3.8, 4) is 0 Å². The molecule has 0 aromatic carbocycles. The quantitative estimate of drug-likeness (QED) is 0.886. The molecule has 0 atom stereocenters. The van der Waals surface area contributed by atoms with Gasteiger partial charge >= 0.3 is 0 Å². The van der Waals surface area contributed by atoms with E-state index >= 15 is 0 Å². The second kappa shape index (κ2) is 6.13. The molecule has 3 rings (SSSR count). The van der Waals surface area contributed by atoms with Gasteiger partial charge in [-0.1, -0.05) is 0 Å². The van der Waals surface area contributed by atoms with Gasteiger partial charge in [0.2, 0.25) is 0 Å². The zero-order chi connectivity index (χ0) is 12.2. The highest BCUT2D eigenvalue weighted by Gasteiger charge is 2.20. The van der Waals surface area contributed by atoms with E-state index in [0.29, 0.717) is 0 Å². The first kappa shape index (κ1) is 12.6. The van der Waals surface area contributed by atoms with Crippen LogP contribution in [0.4, 0.5) is 0 Å². The molecule has 0 unspecified atom stereocenters. The Labute approximate surface area is 113 Å². The largest absolute Gasteiger partial charge is 0.463 e. The van der Waals surface area contributed by atoms with E-state index in [1.165, 1.54) is 43.9 Å². The average Bonchev–Trinajstić information content (AvgIpc) is 3.14. The summed E-state index contributed by atoms with van der Waals surface area (Å²) < 4.78 is 5.89. The predicted octanol–water partition coefficient (Wildman–Crippen LogP) is 2.47. The molecule has 2 fully saturated rings. The Kier molecular flexibility index (Phi) is 4.28. The van der Waals surface area contributed by atoms with Crippen molar-refractivity contribution in [2.75, 3.05) is 24.6 Å². The Morgan fingerprint density at radius 2 is 2.11 bits per heavy atom. The van der Waals surface area contributed by atoms with Gasteiger partial charge in [0, 0.05) is 18.3 Å². The number of hydrogen-bond donors (Lipinski definition) is 1. The van der Waals surface area contributed by atoms with E-state index in [1.54, 1.807) is 0 Å². The summed E-state index contributed by atoms with van der Waals surface area (Å²) in [4.78, 5) is 2.51. The summed E-state index contributed by atoms with van der Waals surface area (Å²) in [6, 6.07) is 5.01. The molecular weight excluding hydrogens is 244 g/mol. The maximum atomic E-state index is 5.89. The van der Waals surface area contributed by atoms with E-state index in [4.69, 9.17) is 4.42 Å². The number of nitrogens with zero attached hydrogens (tertiary/aromatic N) is 1. The zero-order valence-electron chi connectivity index (χ0n) is 10.9. The molecule has 4 heteroatoms. The van der Waals surface area contributed by atoms with Gasteiger partial charge in [-0.15, -0.1) is 0 Å². The first-order valence-corrected chi connectivity index (χ1v) is 8.17. The Hall–Kier alpha value is -0.450. The van der Waals surface area contributed by atoms with Crippen molar-refractivity contribution in [1.82, 2.24) is 10.2 Å². The molecule has 0 spiro atoms. The molecule has 2 heterocycles. The molecule has 100 valence electrons. The van der Waals surface area contributed by atoms with Crippen LogP contribution in [0.2, 0.25) is 0 Å². The minimum Gasteiger partial charge on any atom is -0.463 e. The summed E-state index contributed by atoms with van der Waals surface area (Å²) in [5.41, 5.74) is 0. The summed E-state index contributed by atoms with van der Waals surface area (Å²) in [6.45, 7) is 4.27. The van der Waals surface area contributed by atoms with E-state index in [1.807, 2.05) is 0 Å². The second-order valence-corrected chi connectivity index (χ2v) is 6.49. The van der Waals surface area contributed by atoms with Crippen molar-refractivity contribution in [3.05, 3.63) is 23.7 Å². The van der Waals surface area contributed by atoms with Gasteiger partial charge in [0.15, 0.2) is 0 Å². The number of furan rings is 1. The number of nitrogens with one attached hydrogen (secondary N) is 1. The van der Waals surface area contributed by atoms with Crippen LogP contribution >= 0.6 is 11.8 Å². The minimum absolute atomic E-state index is 0.751. The van der Waals surface area contributed by atoms with Gasteiger partial charge < -0.3 is 9.73 Å². The predicted molar refractivity (Wildman–Crippen MR) is 75.8 cm³/mol. The van der Waals surface area contributed by atoms with Gasteiger partial charge in [0.05, 0.1) is 13.1 Å². The molecule has 18 heavy (non-hydrogen) atoms. The van der Waals surface area contributed by atoms with Crippen molar-refractivity contribution in [3.63, 3.8) is 0 Å². The van der Waals surface area contributed by atoms with Crippen molar-refractivity contribution in [2.45, 2.75) is 38.4 Å². The second-order valence-electron chi connectivity index (χ2n) is 5.27. The SMILES string of the molecule is c1cc(CN2CCCSCC2)oc1CNC1CC1. The lowest BCUT2D eigenvalue weighted by atomic mass is 10.3. The van der Waals surface area contributed by atoms with Crippen LogP contribution in [0.15, 0.2) is 16.5 Å². The number of rotatable bonds is 5. The van der Waals surface area contributed by atoms with Crippen LogP contribution in [0, 0.1) is 0 Å². The minimum atomic E-state index is 0.751. The highest BCUT2D eigenvalue weighted by Crippen LogP contribution is 2.20. The molecule has 1 N–H and O–H groups in total. The molecular formula is C14H22N2OS. The highest BCUT2D eigenvalue weighted by atomic mass is 32.2. The smallest absolute Gasteiger partial charge is 0.118 e. The van der Waals surface area contributed by atoms with Crippen LogP contribution in [0.3, 0.4) is 0 Å². The molecule has 1 aromatic rings. The topological polar surface area (TPSA) is 28.4 Å². The maximum Gasteiger partial charge on any atom is 0.118 e. The van der Waals surface area contributed by atoms with Crippen molar-refractivity contribution in [1.29, 1.82) is 0 Å². The summed E-state index contributed by atoms with van der Waals surface area (Å²) in [5.74, 6) is 4.78. The van der Waals surface area contributed by atoms with E-state index < -0.39 is 0 Å². The fourth-order valence-corrected chi connectivity index (χ4v) is 3.24. The number of thioether (sulfide) groups is 1. The van der Waals surface area contributed by atoms with Gasteiger partial charge in [-0.3, -0.25) is 4.90 Å². The van der Waals surface area contributed by atoms with Crippen LogP contribution in [0.1, 0.15) is 30.8 Å². The lowest BCUT2D eigenvalue weighted by Crippen LogP contribution is -2.25. The molecule has 1 aliphatic heterocycles. The van der Waals surface area contributed by atoms with Gasteiger partial charge in [0.25, 0.3) is 0 Å². The van der Waals surface area contributed by atoms with E-state index in [-0.39, 0.29) is 0 Å². The van der Waals surface area contributed by atoms with Crippen LogP contribution in [0.5, 0.6) is 0 Å². The summed E-state index contributed by atoms with van der Waals surface area (Å²) >= 11 is 2.07. The Bertz CT molecular complexity index is 368. The lowest BCUT2D eigenvalue weighted by molar-refractivity contribution is 0.258. The third-order valence-electron chi connectivity index (χ3n) is 3.55. The zero-order valence-corrected chi connectivity index (χ0v) is 11.7. The van der Waals surface area contributed by atoms with Gasteiger partial charge in [-0.25, -0.2) is 0 Å². The Morgan fingerprint density at radius 1 is 1.22 bits per heavy atom. The van der Waals surface area contributed by atoms with Gasteiger partial charge in [-0.05, 0) is 43.7 Å². The maximum absolute atomic E-state index is 5.89. The summed E-state index contributed by atoms with van der Waals surface area (Å²) in [5, 5.41) is 3.49. The lowest BCUT2D eigenvalue weighted by Gasteiger charge is -2.17. The average molecular weight is 266 g/mol. The van der Waals surface area contributed by atoms with Gasteiger partial charge in [-0.2, -0.15) is 11.8 Å². The highest BCUT2D eigenvalue weighted by molar-refractivity contribution is 7.99. The standard InChI is InChI=1S/C14H22N2OS/c1-6-16(7-9-18-8-1)11-14-5-4-13(17-14)10-15-12-2-3-12/h4-5,12,15H,1-3,6-11H2. The third kappa shape index (κ3) is 3.77. The molecule has 0 radical (unpaired) electrons. The van der Waals surface area contributed by atoms with Crippen molar-refractivity contribution >= 4 is 11.8 Å².